The van der Waals surface area contributed by atoms with Crippen LogP contribution in [0, 0.1) is 0 Å². The maximum atomic E-state index is 6.26. The third-order valence-electron chi connectivity index (χ3n) is 3.66. The Morgan fingerprint density at radius 1 is 1.35 bits per heavy atom. The van der Waals surface area contributed by atoms with Gasteiger partial charge in [-0.25, -0.2) is 0 Å². The second-order valence-corrected chi connectivity index (χ2v) is 5.13. The number of hydrogen-bond acceptors (Lipinski definition) is 3. The number of methoxy groups -OCH3 is 1. The molecule has 1 aromatic carbocycles. The van der Waals surface area contributed by atoms with E-state index < -0.39 is 0 Å². The van der Waals surface area contributed by atoms with Crippen molar-refractivity contribution in [3.05, 3.63) is 47.8 Å². The summed E-state index contributed by atoms with van der Waals surface area (Å²) in [6.07, 6.45) is 3.83. The summed E-state index contributed by atoms with van der Waals surface area (Å²) < 4.78 is 7.24. The molecular weight excluding hydrogens is 250 g/mol. The van der Waals surface area contributed by atoms with Crippen molar-refractivity contribution in [1.82, 2.24) is 9.78 Å². The Hall–Kier alpha value is -1.81. The number of benzene rings is 1. The summed E-state index contributed by atoms with van der Waals surface area (Å²) in [4.78, 5) is 0. The van der Waals surface area contributed by atoms with Crippen molar-refractivity contribution in [2.24, 2.45) is 5.73 Å². The molecule has 108 valence electrons. The molecule has 0 saturated carbocycles. The fourth-order valence-corrected chi connectivity index (χ4v) is 2.13. The first-order valence-corrected chi connectivity index (χ1v) is 7.07. The van der Waals surface area contributed by atoms with Crippen LogP contribution in [0.2, 0.25) is 0 Å². The highest BCUT2D eigenvalue weighted by molar-refractivity contribution is 5.31. The van der Waals surface area contributed by atoms with Crippen molar-refractivity contribution in [3.8, 4) is 5.75 Å². The van der Waals surface area contributed by atoms with E-state index >= 15 is 0 Å². The lowest BCUT2D eigenvalue weighted by atomic mass is 10.0. The molecule has 4 nitrogen and oxygen atoms in total. The monoisotopic (exact) mass is 273 g/mol. The highest BCUT2D eigenvalue weighted by Gasteiger charge is 2.11. The first-order chi connectivity index (χ1) is 9.63. The molecule has 4 heteroatoms. The minimum absolute atomic E-state index is 0.0645. The first kappa shape index (κ1) is 14.6. The summed E-state index contributed by atoms with van der Waals surface area (Å²) in [6, 6.07) is 10.3. The van der Waals surface area contributed by atoms with Gasteiger partial charge < -0.3 is 10.5 Å². The van der Waals surface area contributed by atoms with Crippen molar-refractivity contribution in [1.29, 1.82) is 0 Å². The fraction of sp³-hybridized carbons (Fsp3) is 0.438. The molecule has 0 aliphatic heterocycles. The van der Waals surface area contributed by atoms with Gasteiger partial charge in [-0.2, -0.15) is 5.10 Å². The van der Waals surface area contributed by atoms with Gasteiger partial charge in [0.2, 0.25) is 0 Å². The third kappa shape index (κ3) is 3.39. The molecule has 0 aliphatic rings. The van der Waals surface area contributed by atoms with Gasteiger partial charge in [0.15, 0.2) is 0 Å². The van der Waals surface area contributed by atoms with E-state index in [1.807, 2.05) is 41.2 Å². The first-order valence-electron chi connectivity index (χ1n) is 7.07. The quantitative estimate of drug-likeness (QED) is 0.880. The average Bonchev–Trinajstić information content (AvgIpc) is 2.95. The van der Waals surface area contributed by atoms with Gasteiger partial charge in [-0.1, -0.05) is 19.1 Å². The second-order valence-electron chi connectivity index (χ2n) is 5.13. The lowest BCUT2D eigenvalue weighted by Gasteiger charge is -2.12. The molecule has 0 radical (unpaired) electrons. The van der Waals surface area contributed by atoms with Crippen molar-refractivity contribution >= 4 is 0 Å². The molecule has 2 atom stereocenters. The van der Waals surface area contributed by atoms with Crippen LogP contribution in [0.1, 0.15) is 43.6 Å². The van der Waals surface area contributed by atoms with Crippen LogP contribution in [-0.2, 0) is 6.42 Å². The summed E-state index contributed by atoms with van der Waals surface area (Å²) in [5, 5.41) is 4.59. The van der Waals surface area contributed by atoms with Gasteiger partial charge in [-0.05, 0) is 37.1 Å². The minimum Gasteiger partial charge on any atom is -0.497 e. The Kier molecular flexibility index (Phi) is 4.79. The summed E-state index contributed by atoms with van der Waals surface area (Å²) in [5.74, 6) is 0.836. The van der Waals surface area contributed by atoms with E-state index in [0.29, 0.717) is 6.04 Å². The van der Waals surface area contributed by atoms with Gasteiger partial charge in [0.1, 0.15) is 5.75 Å². The summed E-state index contributed by atoms with van der Waals surface area (Å²) in [7, 11) is 1.67. The van der Waals surface area contributed by atoms with Crippen LogP contribution in [-0.4, -0.2) is 16.9 Å². The van der Waals surface area contributed by atoms with Crippen LogP contribution in [0.25, 0.3) is 0 Å². The van der Waals surface area contributed by atoms with Crippen LogP contribution >= 0.6 is 0 Å². The molecule has 0 amide bonds. The van der Waals surface area contributed by atoms with Crippen LogP contribution < -0.4 is 10.5 Å². The molecule has 2 N–H and O–H groups in total. The van der Waals surface area contributed by atoms with Gasteiger partial charge in [0, 0.05) is 24.7 Å². The third-order valence-corrected chi connectivity index (χ3v) is 3.66. The Balaban J connectivity index is 2.07. The van der Waals surface area contributed by atoms with Crippen LogP contribution in [0.3, 0.4) is 0 Å². The summed E-state index contributed by atoms with van der Waals surface area (Å²) in [6.45, 7) is 4.33. The second kappa shape index (κ2) is 6.57. The Labute approximate surface area is 120 Å². The van der Waals surface area contributed by atoms with Crippen molar-refractivity contribution in [2.45, 2.75) is 38.8 Å². The Morgan fingerprint density at radius 3 is 2.85 bits per heavy atom. The van der Waals surface area contributed by atoms with Gasteiger partial charge in [0.25, 0.3) is 0 Å². The Morgan fingerprint density at radius 2 is 2.15 bits per heavy atom. The predicted molar refractivity (Wildman–Crippen MR) is 80.9 cm³/mol. The van der Waals surface area contributed by atoms with Gasteiger partial charge >= 0.3 is 0 Å². The summed E-state index contributed by atoms with van der Waals surface area (Å²) >= 11 is 0. The van der Waals surface area contributed by atoms with Crippen molar-refractivity contribution < 1.29 is 4.74 Å². The molecule has 0 saturated heterocycles. The van der Waals surface area contributed by atoms with E-state index in [1.165, 1.54) is 0 Å². The number of hydrogen-bond donors (Lipinski definition) is 1. The topological polar surface area (TPSA) is 53.1 Å². The van der Waals surface area contributed by atoms with E-state index in [4.69, 9.17) is 10.5 Å². The summed E-state index contributed by atoms with van der Waals surface area (Å²) in [5.41, 5.74) is 8.36. The molecule has 2 unspecified atom stereocenters. The van der Waals surface area contributed by atoms with Gasteiger partial charge in [-0.3, -0.25) is 4.68 Å². The zero-order chi connectivity index (χ0) is 14.5. The van der Waals surface area contributed by atoms with Crippen molar-refractivity contribution in [3.63, 3.8) is 0 Å². The highest BCUT2D eigenvalue weighted by atomic mass is 16.5. The molecule has 0 fully saturated rings. The number of nitrogens with two attached hydrogens (primary N) is 1. The molecule has 20 heavy (non-hydrogen) atoms. The van der Waals surface area contributed by atoms with Gasteiger partial charge in [0.05, 0.1) is 12.8 Å². The number of rotatable bonds is 6. The zero-order valence-electron chi connectivity index (χ0n) is 12.4. The molecule has 1 aromatic heterocycles. The molecule has 2 rings (SSSR count). The molecular formula is C16H23N3O. The SMILES string of the molecule is CCC(C)n1ccc(CC(N)c2cccc(OC)c2)n1. The molecule has 1 heterocycles. The van der Waals surface area contributed by atoms with Gasteiger partial charge in [-0.15, -0.1) is 0 Å². The standard InChI is InChI=1S/C16H23N3O/c1-4-12(2)19-9-8-14(18-19)11-16(17)13-6-5-7-15(10-13)20-3/h5-10,12,16H,4,11,17H2,1-3H3. The van der Waals surface area contributed by atoms with E-state index in [9.17, 15) is 0 Å². The minimum atomic E-state index is -0.0645. The zero-order valence-corrected chi connectivity index (χ0v) is 12.4. The number of ether oxygens (including phenoxy) is 1. The van der Waals surface area contributed by atoms with Crippen LogP contribution in [0.5, 0.6) is 5.75 Å². The smallest absolute Gasteiger partial charge is 0.119 e. The van der Waals surface area contributed by atoms with Crippen LogP contribution in [0.15, 0.2) is 36.5 Å². The lowest BCUT2D eigenvalue weighted by Crippen LogP contribution is -2.14. The fourth-order valence-electron chi connectivity index (χ4n) is 2.13. The molecule has 0 bridgehead atoms. The molecule has 2 aromatic rings. The maximum absolute atomic E-state index is 6.26. The van der Waals surface area contributed by atoms with Crippen molar-refractivity contribution in [2.75, 3.05) is 7.11 Å². The lowest BCUT2D eigenvalue weighted by molar-refractivity contribution is 0.413. The van der Waals surface area contributed by atoms with Crippen LogP contribution in [0.4, 0.5) is 0 Å². The number of nitrogens with zero attached hydrogens (tertiary/aromatic N) is 2. The normalized spacial score (nSPS) is 14.0. The Bertz CT molecular complexity index is 550. The predicted octanol–water partition coefficient (Wildman–Crippen LogP) is 3.11. The molecule has 0 spiro atoms. The maximum Gasteiger partial charge on any atom is 0.119 e. The highest BCUT2D eigenvalue weighted by Crippen LogP contribution is 2.20. The van der Waals surface area contributed by atoms with E-state index in [-0.39, 0.29) is 6.04 Å². The van der Waals surface area contributed by atoms with E-state index in [1.54, 1.807) is 7.11 Å². The van der Waals surface area contributed by atoms with E-state index in [0.717, 1.165) is 29.8 Å². The number of aromatic nitrogens is 2. The molecule has 0 aliphatic carbocycles. The van der Waals surface area contributed by atoms with E-state index in [2.05, 4.69) is 18.9 Å². The largest absolute Gasteiger partial charge is 0.497 e. The average molecular weight is 273 g/mol.